The second-order valence-electron chi connectivity index (χ2n) is 5.74. The van der Waals surface area contributed by atoms with E-state index < -0.39 is 11.6 Å². The summed E-state index contributed by atoms with van der Waals surface area (Å²) in [6.45, 7) is 0. The SMILES string of the molecule is CNc1nc(-c2cccnc2)nc2ccc(-c3ccc(F)cc3F)cc12. The molecule has 0 fully saturated rings. The van der Waals surface area contributed by atoms with E-state index in [1.54, 1.807) is 37.6 Å². The van der Waals surface area contributed by atoms with E-state index in [1.165, 1.54) is 12.1 Å². The van der Waals surface area contributed by atoms with E-state index in [1.807, 2.05) is 12.1 Å². The summed E-state index contributed by atoms with van der Waals surface area (Å²) in [5, 5.41) is 3.81. The topological polar surface area (TPSA) is 50.7 Å². The lowest BCUT2D eigenvalue weighted by molar-refractivity contribution is 0.585. The zero-order chi connectivity index (χ0) is 18.1. The first kappa shape index (κ1) is 16.1. The minimum atomic E-state index is -0.608. The number of nitrogens with one attached hydrogen (secondary N) is 1. The van der Waals surface area contributed by atoms with E-state index >= 15 is 0 Å². The lowest BCUT2D eigenvalue weighted by atomic mass is 10.0. The maximum atomic E-state index is 14.1. The number of halogens is 2. The number of hydrogen-bond acceptors (Lipinski definition) is 4. The molecule has 0 saturated carbocycles. The normalized spacial score (nSPS) is 10.9. The van der Waals surface area contributed by atoms with Gasteiger partial charge in [-0.3, -0.25) is 4.98 Å². The molecule has 128 valence electrons. The van der Waals surface area contributed by atoms with E-state index in [2.05, 4.69) is 20.3 Å². The summed E-state index contributed by atoms with van der Waals surface area (Å²) in [6, 6.07) is 12.6. The van der Waals surface area contributed by atoms with Crippen LogP contribution in [0.4, 0.5) is 14.6 Å². The van der Waals surface area contributed by atoms with Crippen LogP contribution < -0.4 is 5.32 Å². The average molecular weight is 348 g/mol. The van der Waals surface area contributed by atoms with Crippen molar-refractivity contribution in [2.24, 2.45) is 0 Å². The van der Waals surface area contributed by atoms with Gasteiger partial charge in [0, 0.05) is 42.0 Å². The molecule has 0 saturated heterocycles. The van der Waals surface area contributed by atoms with Gasteiger partial charge in [-0.05, 0) is 42.0 Å². The third kappa shape index (κ3) is 2.86. The molecule has 0 aliphatic rings. The molecule has 0 spiro atoms. The van der Waals surface area contributed by atoms with Gasteiger partial charge in [-0.15, -0.1) is 0 Å². The summed E-state index contributed by atoms with van der Waals surface area (Å²) in [6.07, 6.45) is 3.38. The van der Waals surface area contributed by atoms with Crippen molar-refractivity contribution in [3.8, 4) is 22.5 Å². The van der Waals surface area contributed by atoms with Gasteiger partial charge in [-0.2, -0.15) is 0 Å². The molecule has 0 amide bonds. The molecule has 4 aromatic rings. The van der Waals surface area contributed by atoms with Gasteiger partial charge in [0.2, 0.25) is 0 Å². The summed E-state index contributed by atoms with van der Waals surface area (Å²) in [4.78, 5) is 13.2. The zero-order valence-corrected chi connectivity index (χ0v) is 13.9. The largest absolute Gasteiger partial charge is 0.373 e. The molecule has 0 aliphatic heterocycles. The molecule has 0 unspecified atom stereocenters. The maximum Gasteiger partial charge on any atom is 0.163 e. The van der Waals surface area contributed by atoms with Gasteiger partial charge in [0.05, 0.1) is 5.52 Å². The second-order valence-corrected chi connectivity index (χ2v) is 5.74. The Morgan fingerprint density at radius 1 is 0.923 bits per heavy atom. The molecule has 0 atom stereocenters. The Morgan fingerprint density at radius 3 is 2.54 bits per heavy atom. The fourth-order valence-electron chi connectivity index (χ4n) is 2.83. The molecule has 1 N–H and O–H groups in total. The maximum absolute atomic E-state index is 14.1. The highest BCUT2D eigenvalue weighted by Crippen LogP contribution is 2.30. The number of fused-ring (bicyclic) bond motifs is 1. The molecule has 6 heteroatoms. The number of pyridine rings is 1. The lowest BCUT2D eigenvalue weighted by Gasteiger charge is -2.10. The standard InChI is InChI=1S/C20H14F2N4/c1-23-20-16-9-12(15-6-5-14(21)10-17(15)22)4-7-18(16)25-19(26-20)13-3-2-8-24-11-13/h2-11H,1H3,(H,23,25,26). The average Bonchev–Trinajstić information content (AvgIpc) is 2.67. The summed E-state index contributed by atoms with van der Waals surface area (Å²) < 4.78 is 27.3. The molecule has 0 radical (unpaired) electrons. The van der Waals surface area contributed by atoms with Gasteiger partial charge in [0.1, 0.15) is 17.5 Å². The number of aromatic nitrogens is 3. The monoisotopic (exact) mass is 348 g/mol. The van der Waals surface area contributed by atoms with Gasteiger partial charge < -0.3 is 5.32 Å². The van der Waals surface area contributed by atoms with E-state index in [0.29, 0.717) is 22.8 Å². The molecular weight excluding hydrogens is 334 g/mol. The van der Waals surface area contributed by atoms with Crippen LogP contribution in [0.1, 0.15) is 0 Å². The molecule has 0 bridgehead atoms. The van der Waals surface area contributed by atoms with Crippen molar-refractivity contribution >= 4 is 16.7 Å². The number of rotatable bonds is 3. The Kier molecular flexibility index (Phi) is 4.01. The Bertz CT molecular complexity index is 1100. The fourth-order valence-corrected chi connectivity index (χ4v) is 2.83. The Hall–Kier alpha value is -3.41. The lowest BCUT2D eigenvalue weighted by Crippen LogP contribution is -1.99. The van der Waals surface area contributed by atoms with Crippen LogP contribution in [0.5, 0.6) is 0 Å². The van der Waals surface area contributed by atoms with Crippen molar-refractivity contribution < 1.29 is 8.78 Å². The predicted octanol–water partition coefficient (Wildman–Crippen LogP) is 4.68. The van der Waals surface area contributed by atoms with E-state index in [9.17, 15) is 8.78 Å². The molecule has 2 heterocycles. The summed E-state index contributed by atoms with van der Waals surface area (Å²) in [5.41, 5.74) is 2.48. The van der Waals surface area contributed by atoms with Crippen LogP contribution in [0.2, 0.25) is 0 Å². The van der Waals surface area contributed by atoms with Gasteiger partial charge in [-0.1, -0.05) is 6.07 Å². The van der Waals surface area contributed by atoms with Crippen LogP contribution in [-0.4, -0.2) is 22.0 Å². The van der Waals surface area contributed by atoms with Gasteiger partial charge in [0.15, 0.2) is 5.82 Å². The van der Waals surface area contributed by atoms with Crippen molar-refractivity contribution in [2.45, 2.75) is 0 Å². The highest BCUT2D eigenvalue weighted by molar-refractivity contribution is 5.93. The second kappa shape index (κ2) is 6.48. The van der Waals surface area contributed by atoms with Crippen LogP contribution in [-0.2, 0) is 0 Å². The van der Waals surface area contributed by atoms with Crippen LogP contribution in [0.15, 0.2) is 60.9 Å². The number of anilines is 1. The first-order valence-corrected chi connectivity index (χ1v) is 8.01. The van der Waals surface area contributed by atoms with E-state index in [-0.39, 0.29) is 0 Å². The van der Waals surface area contributed by atoms with Crippen LogP contribution >= 0.6 is 0 Å². The summed E-state index contributed by atoms with van der Waals surface area (Å²) >= 11 is 0. The minimum Gasteiger partial charge on any atom is -0.373 e. The molecule has 26 heavy (non-hydrogen) atoms. The van der Waals surface area contributed by atoms with Crippen molar-refractivity contribution in [1.82, 2.24) is 15.0 Å². The Balaban J connectivity index is 1.88. The predicted molar refractivity (Wildman–Crippen MR) is 97.7 cm³/mol. The van der Waals surface area contributed by atoms with Crippen LogP contribution in [0.3, 0.4) is 0 Å². The van der Waals surface area contributed by atoms with Gasteiger partial charge >= 0.3 is 0 Å². The first-order chi connectivity index (χ1) is 12.7. The molecule has 4 rings (SSSR count). The Morgan fingerprint density at radius 2 is 1.81 bits per heavy atom. The van der Waals surface area contributed by atoms with Gasteiger partial charge in [-0.25, -0.2) is 18.7 Å². The van der Waals surface area contributed by atoms with Crippen LogP contribution in [0, 0.1) is 11.6 Å². The van der Waals surface area contributed by atoms with Crippen molar-refractivity contribution in [2.75, 3.05) is 12.4 Å². The molecular formula is C20H14F2N4. The highest BCUT2D eigenvalue weighted by atomic mass is 19.1. The van der Waals surface area contributed by atoms with Crippen molar-refractivity contribution in [1.29, 1.82) is 0 Å². The van der Waals surface area contributed by atoms with Crippen LogP contribution in [0.25, 0.3) is 33.4 Å². The number of nitrogens with zero attached hydrogens (tertiary/aromatic N) is 3. The van der Waals surface area contributed by atoms with Crippen molar-refractivity contribution in [3.63, 3.8) is 0 Å². The van der Waals surface area contributed by atoms with E-state index in [0.717, 1.165) is 22.5 Å². The smallest absolute Gasteiger partial charge is 0.163 e. The number of hydrogen-bond donors (Lipinski definition) is 1. The summed E-state index contributed by atoms with van der Waals surface area (Å²) in [7, 11) is 1.76. The Labute approximate surface area is 148 Å². The molecule has 2 aromatic carbocycles. The fraction of sp³-hybridized carbons (Fsp3) is 0.0500. The molecule has 4 nitrogen and oxygen atoms in total. The van der Waals surface area contributed by atoms with Crippen molar-refractivity contribution in [3.05, 3.63) is 72.6 Å². The van der Waals surface area contributed by atoms with E-state index in [4.69, 9.17) is 0 Å². The summed E-state index contributed by atoms with van der Waals surface area (Å²) in [5.74, 6) is -0.0375. The first-order valence-electron chi connectivity index (χ1n) is 8.01. The minimum absolute atomic E-state index is 0.326. The quantitative estimate of drug-likeness (QED) is 0.584. The van der Waals surface area contributed by atoms with Gasteiger partial charge in [0.25, 0.3) is 0 Å². The number of benzene rings is 2. The molecule has 2 aromatic heterocycles. The highest BCUT2D eigenvalue weighted by Gasteiger charge is 2.12. The molecule has 0 aliphatic carbocycles. The third-order valence-electron chi connectivity index (χ3n) is 4.09. The zero-order valence-electron chi connectivity index (χ0n) is 13.9. The third-order valence-corrected chi connectivity index (χ3v) is 4.09.